The molecule has 4 amide bonds. The Balaban J connectivity index is 2.12. The predicted octanol–water partition coefficient (Wildman–Crippen LogP) is 4.51. The first kappa shape index (κ1) is 23.9. The van der Waals surface area contributed by atoms with Crippen LogP contribution in [0.15, 0.2) is 24.3 Å². The summed E-state index contributed by atoms with van der Waals surface area (Å²) in [5.41, 5.74) is 1.40. The van der Waals surface area contributed by atoms with Gasteiger partial charge in [-0.2, -0.15) is 0 Å². The molecule has 0 bridgehead atoms. The van der Waals surface area contributed by atoms with Crippen molar-refractivity contribution >= 4 is 17.8 Å². The Kier molecular flexibility index (Phi) is 8.04. The van der Waals surface area contributed by atoms with Gasteiger partial charge in [-0.15, -0.1) is 0 Å². The summed E-state index contributed by atoms with van der Waals surface area (Å²) in [7, 11) is 0. The van der Waals surface area contributed by atoms with Crippen LogP contribution < -0.4 is 10.6 Å². The average molecular weight is 416 g/mol. The maximum absolute atomic E-state index is 13.0. The standard InChI is InChI=1S/C24H37N3O3/c1-7-13-24(14-8-2)22(29)27(23(30)26-24)15-20(28)25-21(17(5)6)19-11-9-18(10-12-19)16(3)4/h9-12,16-17,21H,7-8,13-15H2,1-6H3,(H,25,28)(H,26,30). The smallest absolute Gasteiger partial charge is 0.325 e. The molecule has 1 saturated heterocycles. The van der Waals surface area contributed by atoms with Crippen molar-refractivity contribution in [2.75, 3.05) is 6.54 Å². The Morgan fingerprint density at radius 1 is 1.00 bits per heavy atom. The van der Waals surface area contributed by atoms with E-state index in [-0.39, 0.29) is 30.3 Å². The minimum Gasteiger partial charge on any atom is -0.347 e. The molecule has 1 fully saturated rings. The molecule has 6 heteroatoms. The number of amides is 4. The van der Waals surface area contributed by atoms with Gasteiger partial charge in [0.25, 0.3) is 5.91 Å². The summed E-state index contributed by atoms with van der Waals surface area (Å²) >= 11 is 0. The highest BCUT2D eigenvalue weighted by Gasteiger charge is 2.50. The molecule has 0 radical (unpaired) electrons. The minimum atomic E-state index is -0.870. The molecule has 1 aliphatic rings. The summed E-state index contributed by atoms with van der Waals surface area (Å²) in [6, 6.07) is 7.60. The summed E-state index contributed by atoms with van der Waals surface area (Å²) in [5, 5.41) is 5.88. The Bertz CT molecular complexity index is 749. The third-order valence-electron chi connectivity index (χ3n) is 5.85. The van der Waals surface area contributed by atoms with Gasteiger partial charge in [-0.3, -0.25) is 14.5 Å². The van der Waals surface area contributed by atoms with Gasteiger partial charge in [-0.05, 0) is 35.8 Å². The van der Waals surface area contributed by atoms with E-state index in [0.29, 0.717) is 18.8 Å². The van der Waals surface area contributed by atoms with Gasteiger partial charge in [0.1, 0.15) is 12.1 Å². The van der Waals surface area contributed by atoms with Crippen LogP contribution in [0.25, 0.3) is 0 Å². The van der Waals surface area contributed by atoms with Crippen LogP contribution in [-0.2, 0) is 9.59 Å². The van der Waals surface area contributed by atoms with E-state index in [9.17, 15) is 14.4 Å². The quantitative estimate of drug-likeness (QED) is 0.552. The van der Waals surface area contributed by atoms with Crippen molar-refractivity contribution in [1.82, 2.24) is 15.5 Å². The van der Waals surface area contributed by atoms with Crippen LogP contribution in [0, 0.1) is 5.92 Å². The monoisotopic (exact) mass is 415 g/mol. The van der Waals surface area contributed by atoms with E-state index < -0.39 is 11.6 Å². The number of benzene rings is 1. The lowest BCUT2D eigenvalue weighted by Gasteiger charge is -2.26. The van der Waals surface area contributed by atoms with Gasteiger partial charge in [0.15, 0.2) is 0 Å². The summed E-state index contributed by atoms with van der Waals surface area (Å²) in [6.07, 6.45) is 2.74. The van der Waals surface area contributed by atoms with Crippen molar-refractivity contribution in [3.05, 3.63) is 35.4 Å². The van der Waals surface area contributed by atoms with Crippen LogP contribution in [0.5, 0.6) is 0 Å². The molecule has 0 aromatic heterocycles. The van der Waals surface area contributed by atoms with E-state index in [1.54, 1.807) is 0 Å². The van der Waals surface area contributed by atoms with Gasteiger partial charge in [-0.1, -0.05) is 78.6 Å². The average Bonchev–Trinajstić information content (AvgIpc) is 2.91. The molecule has 2 rings (SSSR count). The number of carbonyl (C=O) groups is 3. The number of rotatable bonds is 10. The molecule has 0 aliphatic carbocycles. The summed E-state index contributed by atoms with van der Waals surface area (Å²) in [6.45, 7) is 12.1. The number of hydrogen-bond acceptors (Lipinski definition) is 3. The molecular formula is C24H37N3O3. The number of imide groups is 1. The van der Waals surface area contributed by atoms with E-state index in [0.717, 1.165) is 23.3 Å². The number of nitrogens with zero attached hydrogens (tertiary/aromatic N) is 1. The van der Waals surface area contributed by atoms with Crippen molar-refractivity contribution < 1.29 is 14.4 Å². The second-order valence-electron chi connectivity index (χ2n) is 9.01. The number of hydrogen-bond donors (Lipinski definition) is 2. The molecular weight excluding hydrogens is 378 g/mol. The van der Waals surface area contributed by atoms with Crippen LogP contribution in [0.4, 0.5) is 4.79 Å². The second-order valence-corrected chi connectivity index (χ2v) is 9.01. The van der Waals surface area contributed by atoms with Crippen molar-refractivity contribution in [2.45, 2.75) is 84.7 Å². The molecule has 1 aromatic carbocycles. The Hall–Kier alpha value is -2.37. The molecule has 6 nitrogen and oxygen atoms in total. The molecule has 1 atom stereocenters. The third-order valence-corrected chi connectivity index (χ3v) is 5.85. The number of carbonyl (C=O) groups excluding carboxylic acids is 3. The topological polar surface area (TPSA) is 78.5 Å². The fourth-order valence-corrected chi connectivity index (χ4v) is 4.22. The van der Waals surface area contributed by atoms with Gasteiger partial charge < -0.3 is 10.6 Å². The summed E-state index contributed by atoms with van der Waals surface area (Å²) < 4.78 is 0. The van der Waals surface area contributed by atoms with Gasteiger partial charge in [-0.25, -0.2) is 4.79 Å². The first-order valence-corrected chi connectivity index (χ1v) is 11.2. The van der Waals surface area contributed by atoms with Crippen molar-refractivity contribution in [3.8, 4) is 0 Å². The highest BCUT2D eigenvalue weighted by atomic mass is 16.2. The number of urea groups is 1. The van der Waals surface area contributed by atoms with Crippen LogP contribution in [0.1, 0.15) is 90.3 Å². The van der Waals surface area contributed by atoms with Crippen molar-refractivity contribution in [3.63, 3.8) is 0 Å². The lowest BCUT2D eigenvalue weighted by Crippen LogP contribution is -2.47. The zero-order valence-corrected chi connectivity index (χ0v) is 19.2. The van der Waals surface area contributed by atoms with E-state index in [1.165, 1.54) is 5.56 Å². The van der Waals surface area contributed by atoms with E-state index in [4.69, 9.17) is 0 Å². The molecule has 1 heterocycles. The highest BCUT2D eigenvalue weighted by Crippen LogP contribution is 2.28. The van der Waals surface area contributed by atoms with E-state index >= 15 is 0 Å². The SMILES string of the molecule is CCCC1(CCC)NC(=O)N(CC(=O)NC(c2ccc(C(C)C)cc2)C(C)C)C1=O. The molecule has 1 aliphatic heterocycles. The first-order valence-electron chi connectivity index (χ1n) is 11.2. The number of nitrogens with one attached hydrogen (secondary N) is 2. The van der Waals surface area contributed by atoms with Crippen LogP contribution >= 0.6 is 0 Å². The highest BCUT2D eigenvalue weighted by molar-refractivity contribution is 6.09. The molecule has 0 spiro atoms. The zero-order chi connectivity index (χ0) is 22.5. The Morgan fingerprint density at radius 3 is 2.00 bits per heavy atom. The van der Waals surface area contributed by atoms with Crippen LogP contribution in [0.3, 0.4) is 0 Å². The lowest BCUT2D eigenvalue weighted by atomic mass is 9.88. The lowest BCUT2D eigenvalue weighted by molar-refractivity contribution is -0.135. The minimum absolute atomic E-state index is 0.168. The second kappa shape index (κ2) is 10.1. The molecule has 166 valence electrons. The molecule has 1 aromatic rings. The third kappa shape index (κ3) is 5.21. The Morgan fingerprint density at radius 2 is 1.53 bits per heavy atom. The Labute approximate surface area is 180 Å². The maximum atomic E-state index is 13.0. The van der Waals surface area contributed by atoms with Crippen LogP contribution in [0.2, 0.25) is 0 Å². The normalized spacial score (nSPS) is 16.9. The molecule has 0 saturated carbocycles. The van der Waals surface area contributed by atoms with Crippen molar-refractivity contribution in [1.29, 1.82) is 0 Å². The van der Waals surface area contributed by atoms with Gasteiger partial charge in [0.05, 0.1) is 6.04 Å². The van der Waals surface area contributed by atoms with Crippen molar-refractivity contribution in [2.24, 2.45) is 5.92 Å². The zero-order valence-electron chi connectivity index (χ0n) is 19.2. The van der Waals surface area contributed by atoms with E-state index in [2.05, 4.69) is 36.6 Å². The van der Waals surface area contributed by atoms with Gasteiger partial charge in [0.2, 0.25) is 5.91 Å². The fraction of sp³-hybridized carbons (Fsp3) is 0.625. The largest absolute Gasteiger partial charge is 0.347 e. The maximum Gasteiger partial charge on any atom is 0.325 e. The van der Waals surface area contributed by atoms with Gasteiger partial charge >= 0.3 is 6.03 Å². The first-order chi connectivity index (χ1) is 14.1. The predicted molar refractivity (Wildman–Crippen MR) is 119 cm³/mol. The summed E-state index contributed by atoms with van der Waals surface area (Å²) in [4.78, 5) is 39.4. The fourth-order valence-electron chi connectivity index (χ4n) is 4.22. The van der Waals surface area contributed by atoms with Gasteiger partial charge in [0, 0.05) is 0 Å². The molecule has 2 N–H and O–H groups in total. The van der Waals surface area contributed by atoms with Crippen LogP contribution in [-0.4, -0.2) is 34.8 Å². The van der Waals surface area contributed by atoms with E-state index in [1.807, 2.05) is 39.8 Å². The molecule has 30 heavy (non-hydrogen) atoms. The molecule has 1 unspecified atom stereocenters. The summed E-state index contributed by atoms with van der Waals surface area (Å²) in [5.74, 6) is 0.00114.